The van der Waals surface area contributed by atoms with Crippen molar-refractivity contribution in [3.63, 3.8) is 0 Å². The van der Waals surface area contributed by atoms with Gasteiger partial charge >= 0.3 is 0 Å². The quantitative estimate of drug-likeness (QED) is 0.605. The summed E-state index contributed by atoms with van der Waals surface area (Å²) in [6.45, 7) is 2.64. The van der Waals surface area contributed by atoms with Gasteiger partial charge in [-0.05, 0) is 33.0 Å². The van der Waals surface area contributed by atoms with E-state index in [-0.39, 0.29) is 0 Å². The Morgan fingerprint density at radius 3 is 2.27 bits per heavy atom. The molecule has 2 heterocycles. The lowest BCUT2D eigenvalue weighted by Gasteiger charge is -2.01. The van der Waals surface area contributed by atoms with E-state index in [0.717, 1.165) is 0 Å². The SMILES string of the molecule is CN1CCCC1.c1c[nH]cn1. The molecule has 1 N–H and O–H groups in total. The minimum atomic E-state index is 1.32. The molecule has 3 heteroatoms. The molecule has 1 aliphatic rings. The van der Waals surface area contributed by atoms with Gasteiger partial charge in [-0.3, -0.25) is 0 Å². The van der Waals surface area contributed by atoms with Gasteiger partial charge in [0.1, 0.15) is 0 Å². The van der Waals surface area contributed by atoms with Gasteiger partial charge in [0.05, 0.1) is 6.33 Å². The molecular formula is C8H15N3. The molecule has 0 aliphatic carbocycles. The molecule has 1 fully saturated rings. The lowest BCUT2D eigenvalue weighted by molar-refractivity contribution is 0.418. The number of rotatable bonds is 0. The van der Waals surface area contributed by atoms with E-state index in [0.29, 0.717) is 0 Å². The zero-order valence-corrected chi connectivity index (χ0v) is 6.95. The fourth-order valence-electron chi connectivity index (χ4n) is 1.09. The fraction of sp³-hybridized carbons (Fsp3) is 0.625. The molecule has 62 valence electrons. The molecule has 11 heavy (non-hydrogen) atoms. The van der Waals surface area contributed by atoms with Gasteiger partial charge in [-0.15, -0.1) is 0 Å². The summed E-state index contributed by atoms with van der Waals surface area (Å²) in [6.07, 6.45) is 7.91. The summed E-state index contributed by atoms with van der Waals surface area (Å²) in [5.74, 6) is 0. The topological polar surface area (TPSA) is 31.9 Å². The Bertz CT molecular complexity index is 137. The average Bonchev–Trinajstić information content (AvgIpc) is 2.57. The molecule has 0 radical (unpaired) electrons. The third-order valence-electron chi connectivity index (χ3n) is 1.74. The van der Waals surface area contributed by atoms with E-state index in [4.69, 9.17) is 0 Å². The van der Waals surface area contributed by atoms with Crippen LogP contribution in [0.15, 0.2) is 18.7 Å². The second-order valence-corrected chi connectivity index (χ2v) is 2.77. The van der Waals surface area contributed by atoms with Gasteiger partial charge in [0.25, 0.3) is 0 Å². The highest BCUT2D eigenvalue weighted by molar-refractivity contribution is 4.64. The lowest BCUT2D eigenvalue weighted by atomic mass is 10.4. The summed E-state index contributed by atoms with van der Waals surface area (Å²) in [6, 6.07) is 0. The van der Waals surface area contributed by atoms with Crippen LogP contribution in [-0.2, 0) is 0 Å². The van der Waals surface area contributed by atoms with Crippen molar-refractivity contribution in [3.8, 4) is 0 Å². The Hall–Kier alpha value is -0.830. The molecule has 0 spiro atoms. The number of nitrogens with zero attached hydrogens (tertiary/aromatic N) is 2. The second kappa shape index (κ2) is 4.91. The Morgan fingerprint density at radius 1 is 1.36 bits per heavy atom. The third kappa shape index (κ3) is 3.78. The summed E-state index contributed by atoms with van der Waals surface area (Å²) >= 11 is 0. The maximum Gasteiger partial charge on any atom is 0.0919 e. The number of hydrogen-bond donors (Lipinski definition) is 1. The number of aromatic amines is 1. The van der Waals surface area contributed by atoms with Crippen LogP contribution in [-0.4, -0.2) is 35.0 Å². The molecule has 0 atom stereocenters. The number of hydrogen-bond acceptors (Lipinski definition) is 2. The maximum atomic E-state index is 3.67. The van der Waals surface area contributed by atoms with Gasteiger partial charge in [0.2, 0.25) is 0 Å². The van der Waals surface area contributed by atoms with E-state index in [1.54, 1.807) is 18.7 Å². The van der Waals surface area contributed by atoms with Crippen molar-refractivity contribution in [1.82, 2.24) is 14.9 Å². The van der Waals surface area contributed by atoms with Crippen LogP contribution >= 0.6 is 0 Å². The smallest absolute Gasteiger partial charge is 0.0919 e. The Kier molecular flexibility index (Phi) is 3.69. The monoisotopic (exact) mass is 153 g/mol. The van der Waals surface area contributed by atoms with E-state index >= 15 is 0 Å². The van der Waals surface area contributed by atoms with Crippen molar-refractivity contribution < 1.29 is 0 Å². The van der Waals surface area contributed by atoms with Gasteiger partial charge < -0.3 is 9.88 Å². The molecule has 2 rings (SSSR count). The Morgan fingerprint density at radius 2 is 2.09 bits per heavy atom. The van der Waals surface area contributed by atoms with Gasteiger partial charge in [0, 0.05) is 12.4 Å². The molecular weight excluding hydrogens is 138 g/mol. The molecule has 0 aromatic carbocycles. The Labute approximate surface area is 67.4 Å². The van der Waals surface area contributed by atoms with Crippen LogP contribution in [0.1, 0.15) is 12.8 Å². The van der Waals surface area contributed by atoms with Crippen LogP contribution in [0.5, 0.6) is 0 Å². The lowest BCUT2D eigenvalue weighted by Crippen LogP contribution is -2.10. The van der Waals surface area contributed by atoms with E-state index < -0.39 is 0 Å². The minimum Gasteiger partial charge on any atom is -0.351 e. The Balaban J connectivity index is 0.000000112. The molecule has 0 saturated carbocycles. The van der Waals surface area contributed by atoms with Crippen LogP contribution in [0, 0.1) is 0 Å². The normalized spacial score (nSPS) is 17.5. The zero-order valence-electron chi connectivity index (χ0n) is 6.95. The molecule has 1 aromatic heterocycles. The summed E-state index contributed by atoms with van der Waals surface area (Å²) in [4.78, 5) is 8.78. The van der Waals surface area contributed by atoms with Gasteiger partial charge in [-0.25, -0.2) is 4.98 Å². The number of likely N-dealkylation sites (tertiary alicyclic amines) is 1. The van der Waals surface area contributed by atoms with Crippen LogP contribution in [0.25, 0.3) is 0 Å². The van der Waals surface area contributed by atoms with E-state index in [9.17, 15) is 0 Å². The molecule has 1 aliphatic heterocycles. The molecule has 0 bridgehead atoms. The van der Waals surface area contributed by atoms with E-state index in [1.807, 2.05) is 0 Å². The van der Waals surface area contributed by atoms with Crippen molar-refractivity contribution in [2.24, 2.45) is 0 Å². The standard InChI is InChI=1S/C5H11N.C3H4N2/c1-6-4-2-3-5-6;1-2-5-3-4-1/h2-5H2,1H3;1-3H,(H,4,5). The highest BCUT2D eigenvalue weighted by Crippen LogP contribution is 2.01. The van der Waals surface area contributed by atoms with Gasteiger partial charge in [-0.2, -0.15) is 0 Å². The minimum absolute atomic E-state index is 1.32. The number of aromatic nitrogens is 2. The van der Waals surface area contributed by atoms with Crippen molar-refractivity contribution in [3.05, 3.63) is 18.7 Å². The van der Waals surface area contributed by atoms with Crippen LogP contribution in [0.3, 0.4) is 0 Å². The number of H-pyrrole nitrogens is 1. The van der Waals surface area contributed by atoms with Crippen LogP contribution in [0.2, 0.25) is 0 Å². The predicted molar refractivity (Wildman–Crippen MR) is 45.3 cm³/mol. The molecule has 0 amide bonds. The second-order valence-electron chi connectivity index (χ2n) is 2.77. The molecule has 1 saturated heterocycles. The molecule has 3 nitrogen and oxygen atoms in total. The first-order valence-electron chi connectivity index (χ1n) is 4.01. The highest BCUT2D eigenvalue weighted by atomic mass is 15.1. The number of imidazole rings is 1. The summed E-state index contributed by atoms with van der Waals surface area (Å²) < 4.78 is 0. The van der Waals surface area contributed by atoms with E-state index in [1.165, 1.54) is 25.9 Å². The van der Waals surface area contributed by atoms with Crippen molar-refractivity contribution in [1.29, 1.82) is 0 Å². The predicted octanol–water partition coefficient (Wildman–Crippen LogP) is 1.12. The first-order valence-corrected chi connectivity index (χ1v) is 4.01. The fourth-order valence-corrected chi connectivity index (χ4v) is 1.09. The van der Waals surface area contributed by atoms with Gasteiger partial charge in [-0.1, -0.05) is 0 Å². The molecule has 0 unspecified atom stereocenters. The first-order chi connectivity index (χ1) is 5.39. The number of nitrogens with one attached hydrogen (secondary N) is 1. The largest absolute Gasteiger partial charge is 0.351 e. The summed E-state index contributed by atoms with van der Waals surface area (Å²) in [5, 5.41) is 0. The van der Waals surface area contributed by atoms with Gasteiger partial charge in [0.15, 0.2) is 0 Å². The highest BCUT2D eigenvalue weighted by Gasteiger charge is 2.03. The first kappa shape index (κ1) is 8.27. The average molecular weight is 153 g/mol. The third-order valence-corrected chi connectivity index (χ3v) is 1.74. The van der Waals surface area contributed by atoms with Crippen LogP contribution < -0.4 is 0 Å². The van der Waals surface area contributed by atoms with E-state index in [2.05, 4.69) is 21.9 Å². The zero-order chi connectivity index (χ0) is 7.94. The molecule has 1 aromatic rings. The summed E-state index contributed by atoms with van der Waals surface area (Å²) in [7, 11) is 2.17. The van der Waals surface area contributed by atoms with Crippen molar-refractivity contribution in [2.45, 2.75) is 12.8 Å². The summed E-state index contributed by atoms with van der Waals surface area (Å²) in [5.41, 5.74) is 0. The van der Waals surface area contributed by atoms with Crippen LogP contribution in [0.4, 0.5) is 0 Å². The maximum absolute atomic E-state index is 3.67. The van der Waals surface area contributed by atoms with Crippen molar-refractivity contribution >= 4 is 0 Å². The van der Waals surface area contributed by atoms with Crippen molar-refractivity contribution in [2.75, 3.05) is 20.1 Å².